The van der Waals surface area contributed by atoms with Crippen molar-refractivity contribution in [3.63, 3.8) is 0 Å². The van der Waals surface area contributed by atoms with Crippen LogP contribution in [0.5, 0.6) is 5.75 Å². The minimum Gasteiger partial charge on any atom is -0.496 e. The number of nitrogens with zero attached hydrogens (tertiary/aromatic N) is 2. The van der Waals surface area contributed by atoms with Crippen LogP contribution in [0.25, 0.3) is 0 Å². The van der Waals surface area contributed by atoms with Crippen molar-refractivity contribution in [3.05, 3.63) is 28.2 Å². The van der Waals surface area contributed by atoms with Gasteiger partial charge in [0.2, 0.25) is 0 Å². The first-order chi connectivity index (χ1) is 9.17. The maximum Gasteiger partial charge on any atom is 0.192 e. The van der Waals surface area contributed by atoms with E-state index in [-0.39, 0.29) is 6.04 Å². The van der Waals surface area contributed by atoms with Crippen LogP contribution in [0.15, 0.2) is 27.7 Å². The Morgan fingerprint density at radius 1 is 1.47 bits per heavy atom. The van der Waals surface area contributed by atoms with Crippen LogP contribution in [-0.4, -0.2) is 44.8 Å². The minimum atomic E-state index is 0.0996. The first-order valence-corrected chi connectivity index (χ1v) is 6.85. The highest BCUT2D eigenvalue weighted by Gasteiger charge is 2.29. The molecular formula is C13H18BrN3O2. The minimum absolute atomic E-state index is 0.0996. The number of hydrogen-bond acceptors (Lipinski definition) is 5. The van der Waals surface area contributed by atoms with Crippen molar-refractivity contribution in [2.45, 2.75) is 6.04 Å². The molecule has 0 bridgehead atoms. The Bertz CT molecular complexity index is 479. The van der Waals surface area contributed by atoms with Gasteiger partial charge in [0.05, 0.1) is 26.3 Å². The standard InChI is InChI=1S/C13H18BrN3O2/c1-18-6-5-17-11(8-16-13(17)15)10-7-9(14)3-4-12(10)19-2/h3-4,7,11H,5-6,8H2,1-2H3,(H2,15,16). The first-order valence-electron chi connectivity index (χ1n) is 6.06. The summed E-state index contributed by atoms with van der Waals surface area (Å²) >= 11 is 3.49. The van der Waals surface area contributed by atoms with E-state index in [1.165, 1.54) is 0 Å². The van der Waals surface area contributed by atoms with Crippen LogP contribution >= 0.6 is 15.9 Å². The highest BCUT2D eigenvalue weighted by Crippen LogP contribution is 2.34. The summed E-state index contributed by atoms with van der Waals surface area (Å²) in [7, 11) is 3.35. The van der Waals surface area contributed by atoms with E-state index in [0.29, 0.717) is 25.7 Å². The largest absolute Gasteiger partial charge is 0.496 e. The smallest absolute Gasteiger partial charge is 0.192 e. The van der Waals surface area contributed by atoms with Crippen LogP contribution < -0.4 is 10.5 Å². The molecule has 6 heteroatoms. The Morgan fingerprint density at radius 3 is 2.95 bits per heavy atom. The maximum absolute atomic E-state index is 5.94. The van der Waals surface area contributed by atoms with Gasteiger partial charge in [-0.25, -0.2) is 0 Å². The summed E-state index contributed by atoms with van der Waals surface area (Å²) in [5.74, 6) is 1.41. The number of nitrogens with two attached hydrogens (primary N) is 1. The van der Waals surface area contributed by atoms with E-state index < -0.39 is 0 Å². The molecule has 0 aliphatic carbocycles. The normalized spacial score (nSPS) is 18.6. The molecule has 1 unspecified atom stereocenters. The van der Waals surface area contributed by atoms with Gasteiger partial charge in [-0.3, -0.25) is 4.99 Å². The molecule has 19 heavy (non-hydrogen) atoms. The van der Waals surface area contributed by atoms with Gasteiger partial charge in [-0.2, -0.15) is 0 Å². The van der Waals surface area contributed by atoms with Gasteiger partial charge in [0.25, 0.3) is 0 Å². The SMILES string of the molecule is COCCN1C(N)=NCC1c1cc(Br)ccc1OC. The molecule has 1 aliphatic rings. The molecule has 0 amide bonds. The lowest BCUT2D eigenvalue weighted by atomic mass is 10.1. The summed E-state index contributed by atoms with van der Waals surface area (Å²) in [6.45, 7) is 1.97. The number of benzene rings is 1. The highest BCUT2D eigenvalue weighted by molar-refractivity contribution is 9.10. The fourth-order valence-electron chi connectivity index (χ4n) is 2.22. The molecule has 0 fully saturated rings. The lowest BCUT2D eigenvalue weighted by Gasteiger charge is -2.27. The first kappa shape index (κ1) is 14.1. The summed E-state index contributed by atoms with van der Waals surface area (Å²) in [5.41, 5.74) is 7.03. The highest BCUT2D eigenvalue weighted by atomic mass is 79.9. The predicted molar refractivity (Wildman–Crippen MR) is 78.5 cm³/mol. The third-order valence-electron chi connectivity index (χ3n) is 3.18. The second-order valence-corrected chi connectivity index (χ2v) is 5.20. The Kier molecular flexibility index (Phi) is 4.66. The average molecular weight is 328 g/mol. The van der Waals surface area contributed by atoms with Gasteiger partial charge in [0, 0.05) is 23.7 Å². The fourth-order valence-corrected chi connectivity index (χ4v) is 2.60. The molecule has 0 aromatic heterocycles. The Morgan fingerprint density at radius 2 is 2.26 bits per heavy atom. The van der Waals surface area contributed by atoms with Crippen molar-refractivity contribution >= 4 is 21.9 Å². The number of guanidine groups is 1. The van der Waals surface area contributed by atoms with Crippen LogP contribution in [0, 0.1) is 0 Å². The summed E-state index contributed by atoms with van der Waals surface area (Å²) in [6.07, 6.45) is 0. The van der Waals surface area contributed by atoms with Gasteiger partial charge < -0.3 is 20.1 Å². The molecule has 0 saturated carbocycles. The zero-order chi connectivity index (χ0) is 13.8. The summed E-state index contributed by atoms with van der Waals surface area (Å²) in [4.78, 5) is 6.38. The summed E-state index contributed by atoms with van der Waals surface area (Å²) < 4.78 is 11.6. The Hall–Kier alpha value is -1.27. The molecule has 1 atom stereocenters. The molecular weight excluding hydrogens is 310 g/mol. The third-order valence-corrected chi connectivity index (χ3v) is 3.68. The zero-order valence-electron chi connectivity index (χ0n) is 11.1. The van der Waals surface area contributed by atoms with Crippen LogP contribution in [0.4, 0.5) is 0 Å². The van der Waals surface area contributed by atoms with Crippen LogP contribution in [0.1, 0.15) is 11.6 Å². The van der Waals surface area contributed by atoms with Crippen molar-refractivity contribution in [2.24, 2.45) is 10.7 Å². The van der Waals surface area contributed by atoms with Crippen molar-refractivity contribution in [3.8, 4) is 5.75 Å². The van der Waals surface area contributed by atoms with E-state index >= 15 is 0 Å². The summed E-state index contributed by atoms with van der Waals surface area (Å²) in [6, 6.07) is 6.06. The van der Waals surface area contributed by atoms with Crippen molar-refractivity contribution in [2.75, 3.05) is 33.9 Å². The molecule has 104 valence electrons. The van der Waals surface area contributed by atoms with Crippen molar-refractivity contribution in [1.82, 2.24) is 4.90 Å². The van der Waals surface area contributed by atoms with Gasteiger partial charge in [0.15, 0.2) is 5.96 Å². The Labute approximate surface area is 121 Å². The molecule has 1 aliphatic heterocycles. The molecule has 1 heterocycles. The number of ether oxygens (including phenoxy) is 2. The fraction of sp³-hybridized carbons (Fsp3) is 0.462. The van der Waals surface area contributed by atoms with Crippen molar-refractivity contribution in [1.29, 1.82) is 0 Å². The van der Waals surface area contributed by atoms with Crippen LogP contribution in [-0.2, 0) is 4.74 Å². The number of rotatable bonds is 5. The molecule has 2 N–H and O–H groups in total. The van der Waals surface area contributed by atoms with Gasteiger partial charge >= 0.3 is 0 Å². The van der Waals surface area contributed by atoms with E-state index in [9.17, 15) is 0 Å². The molecule has 1 aromatic carbocycles. The molecule has 0 spiro atoms. The zero-order valence-corrected chi connectivity index (χ0v) is 12.7. The van der Waals surface area contributed by atoms with E-state index in [4.69, 9.17) is 15.2 Å². The topological polar surface area (TPSA) is 60.1 Å². The van der Waals surface area contributed by atoms with E-state index in [1.54, 1.807) is 14.2 Å². The molecule has 0 radical (unpaired) electrons. The molecule has 5 nitrogen and oxygen atoms in total. The van der Waals surface area contributed by atoms with Gasteiger partial charge in [-0.15, -0.1) is 0 Å². The van der Waals surface area contributed by atoms with Gasteiger partial charge in [-0.05, 0) is 18.2 Å². The second-order valence-electron chi connectivity index (χ2n) is 4.29. The van der Waals surface area contributed by atoms with E-state index in [1.807, 2.05) is 17.0 Å². The van der Waals surface area contributed by atoms with Gasteiger partial charge in [-0.1, -0.05) is 15.9 Å². The monoisotopic (exact) mass is 327 g/mol. The number of aliphatic imine (C=N–C) groups is 1. The van der Waals surface area contributed by atoms with Crippen LogP contribution in [0.3, 0.4) is 0 Å². The van der Waals surface area contributed by atoms with Gasteiger partial charge in [0.1, 0.15) is 5.75 Å². The molecule has 1 aromatic rings. The average Bonchev–Trinajstić information content (AvgIpc) is 2.77. The predicted octanol–water partition coefficient (Wildman–Crippen LogP) is 1.78. The molecule has 2 rings (SSSR count). The van der Waals surface area contributed by atoms with Crippen LogP contribution in [0.2, 0.25) is 0 Å². The quantitative estimate of drug-likeness (QED) is 0.895. The third kappa shape index (κ3) is 3.01. The lowest BCUT2D eigenvalue weighted by Crippen LogP contribution is -2.38. The number of methoxy groups -OCH3 is 2. The van der Waals surface area contributed by atoms with E-state index in [0.717, 1.165) is 15.8 Å². The van der Waals surface area contributed by atoms with Crippen molar-refractivity contribution < 1.29 is 9.47 Å². The number of hydrogen-bond donors (Lipinski definition) is 1. The maximum atomic E-state index is 5.94. The second kappa shape index (κ2) is 6.25. The Balaban J connectivity index is 2.27. The number of halogens is 1. The van der Waals surface area contributed by atoms with E-state index in [2.05, 4.69) is 27.0 Å². The molecule has 0 saturated heterocycles. The lowest BCUT2D eigenvalue weighted by molar-refractivity contribution is 0.166. The summed E-state index contributed by atoms with van der Waals surface area (Å²) in [5, 5.41) is 0.